The number of allylic oxidation sites excluding steroid dienone is 2. The maximum Gasteiger partial charge on any atom is 0.0463 e. The second kappa shape index (κ2) is 2.35. The monoisotopic (exact) mass is 173 g/mol. The van der Waals surface area contributed by atoms with Gasteiger partial charge in [-0.05, 0) is 24.8 Å². The van der Waals surface area contributed by atoms with E-state index in [0.29, 0.717) is 0 Å². The molecular formula is C6H8BrN. The molecule has 0 amide bonds. The van der Waals surface area contributed by atoms with Gasteiger partial charge in [0.2, 0.25) is 0 Å². The number of hydrogen-bond donors (Lipinski definition) is 1. The van der Waals surface area contributed by atoms with Crippen LogP contribution >= 0.6 is 15.9 Å². The van der Waals surface area contributed by atoms with Gasteiger partial charge in [-0.1, -0.05) is 15.9 Å². The van der Waals surface area contributed by atoms with Gasteiger partial charge in [0.1, 0.15) is 0 Å². The number of nitrogens with one attached hydrogen (secondary N) is 1. The van der Waals surface area contributed by atoms with E-state index < -0.39 is 0 Å². The second-order valence-corrected chi connectivity index (χ2v) is 2.76. The summed E-state index contributed by atoms with van der Waals surface area (Å²) in [6, 6.07) is 0. The van der Waals surface area contributed by atoms with E-state index in [1.54, 1.807) is 0 Å². The van der Waals surface area contributed by atoms with Gasteiger partial charge in [0.25, 0.3) is 0 Å². The van der Waals surface area contributed by atoms with Crippen LogP contribution in [0.3, 0.4) is 0 Å². The van der Waals surface area contributed by atoms with Crippen LogP contribution in [0.4, 0.5) is 0 Å². The molecule has 1 aliphatic rings. The van der Waals surface area contributed by atoms with Gasteiger partial charge < -0.3 is 5.32 Å². The maximum atomic E-state index is 3.42. The summed E-state index contributed by atoms with van der Waals surface area (Å²) in [5, 5.41) is 3.08. The zero-order valence-corrected chi connectivity index (χ0v) is 6.33. The van der Waals surface area contributed by atoms with Gasteiger partial charge in [-0.15, -0.1) is 0 Å². The Kier molecular flexibility index (Phi) is 1.73. The lowest BCUT2D eigenvalue weighted by Crippen LogP contribution is -2.10. The highest BCUT2D eigenvalue weighted by Gasteiger charge is 1.97. The molecule has 0 atom stereocenters. The molecule has 0 aliphatic carbocycles. The van der Waals surface area contributed by atoms with Crippen molar-refractivity contribution < 1.29 is 0 Å². The average molecular weight is 174 g/mol. The van der Waals surface area contributed by atoms with Crippen LogP contribution in [-0.4, -0.2) is 6.54 Å². The third-order valence-corrected chi connectivity index (χ3v) is 2.04. The van der Waals surface area contributed by atoms with Gasteiger partial charge in [0, 0.05) is 11.0 Å². The third-order valence-electron chi connectivity index (χ3n) is 1.14. The number of dihydropyridines is 1. The van der Waals surface area contributed by atoms with Crippen molar-refractivity contribution in [3.8, 4) is 0 Å². The fourth-order valence-corrected chi connectivity index (χ4v) is 0.856. The fraction of sp³-hybridized carbons (Fsp3) is 0.333. The first kappa shape index (κ1) is 5.89. The van der Waals surface area contributed by atoms with Crippen LogP contribution in [0.5, 0.6) is 0 Å². The summed E-state index contributed by atoms with van der Waals surface area (Å²) in [5.74, 6) is 0. The molecule has 1 aliphatic heterocycles. The first-order valence-electron chi connectivity index (χ1n) is 2.56. The maximum absolute atomic E-state index is 3.42. The molecule has 0 unspecified atom stereocenters. The van der Waals surface area contributed by atoms with Crippen LogP contribution in [0.25, 0.3) is 0 Å². The molecule has 0 radical (unpaired) electrons. The first-order chi connectivity index (χ1) is 3.80. The van der Waals surface area contributed by atoms with Gasteiger partial charge in [0.05, 0.1) is 0 Å². The lowest BCUT2D eigenvalue weighted by atomic mass is 10.2. The Labute approximate surface area is 57.6 Å². The first-order valence-corrected chi connectivity index (χ1v) is 3.35. The van der Waals surface area contributed by atoms with Crippen molar-refractivity contribution in [2.24, 2.45) is 0 Å². The quantitative estimate of drug-likeness (QED) is 0.590. The Bertz CT molecular complexity index is 147. The average Bonchev–Trinajstić information content (AvgIpc) is 1.77. The van der Waals surface area contributed by atoms with Crippen molar-refractivity contribution in [2.45, 2.75) is 6.92 Å². The predicted octanol–water partition coefficient (Wildman–Crippen LogP) is 1.77. The van der Waals surface area contributed by atoms with Crippen molar-refractivity contribution in [1.82, 2.24) is 5.32 Å². The molecule has 2 heteroatoms. The van der Waals surface area contributed by atoms with Crippen molar-refractivity contribution in [3.05, 3.63) is 22.3 Å². The van der Waals surface area contributed by atoms with E-state index in [-0.39, 0.29) is 0 Å². The summed E-state index contributed by atoms with van der Waals surface area (Å²) in [6.45, 7) is 3.02. The van der Waals surface area contributed by atoms with Crippen molar-refractivity contribution >= 4 is 15.9 Å². The number of hydrogen-bond acceptors (Lipinski definition) is 1. The van der Waals surface area contributed by atoms with Crippen LogP contribution < -0.4 is 5.32 Å². The standard InChI is InChI=1S/C6H8BrN/c1-5-2-3-8-4-6(5)7/h2-3,8H,4H2,1H3. The SMILES string of the molecule is CC1=C(Br)CNC=C1. The summed E-state index contributed by atoms with van der Waals surface area (Å²) < 4.78 is 1.25. The van der Waals surface area contributed by atoms with E-state index in [1.165, 1.54) is 10.1 Å². The van der Waals surface area contributed by atoms with Crippen LogP contribution in [-0.2, 0) is 0 Å². The third kappa shape index (κ3) is 1.13. The molecule has 0 saturated heterocycles. The highest BCUT2D eigenvalue weighted by Crippen LogP contribution is 2.13. The van der Waals surface area contributed by atoms with Gasteiger partial charge in [-0.2, -0.15) is 0 Å². The van der Waals surface area contributed by atoms with Gasteiger partial charge in [-0.25, -0.2) is 0 Å². The van der Waals surface area contributed by atoms with E-state index in [9.17, 15) is 0 Å². The largest absolute Gasteiger partial charge is 0.386 e. The Balaban J connectivity index is 2.76. The molecule has 0 bridgehead atoms. The van der Waals surface area contributed by atoms with Crippen molar-refractivity contribution in [2.75, 3.05) is 6.54 Å². The molecule has 1 nitrogen and oxygen atoms in total. The van der Waals surface area contributed by atoms with E-state index in [2.05, 4.69) is 28.2 Å². The van der Waals surface area contributed by atoms with Gasteiger partial charge >= 0.3 is 0 Å². The van der Waals surface area contributed by atoms with Crippen LogP contribution in [0.1, 0.15) is 6.92 Å². The lowest BCUT2D eigenvalue weighted by Gasteiger charge is -2.07. The topological polar surface area (TPSA) is 12.0 Å². The summed E-state index contributed by atoms with van der Waals surface area (Å²) in [7, 11) is 0. The molecule has 8 heavy (non-hydrogen) atoms. The molecule has 1 heterocycles. The van der Waals surface area contributed by atoms with E-state index in [4.69, 9.17) is 0 Å². The highest BCUT2D eigenvalue weighted by atomic mass is 79.9. The highest BCUT2D eigenvalue weighted by molar-refractivity contribution is 9.11. The molecule has 0 spiro atoms. The minimum absolute atomic E-state index is 0.933. The zero-order valence-electron chi connectivity index (χ0n) is 4.74. The van der Waals surface area contributed by atoms with Crippen LogP contribution in [0, 0.1) is 0 Å². The Morgan fingerprint density at radius 3 is 2.88 bits per heavy atom. The Morgan fingerprint density at radius 1 is 1.75 bits per heavy atom. The summed E-state index contributed by atoms with van der Waals surface area (Å²) in [6.07, 6.45) is 4.01. The zero-order chi connectivity index (χ0) is 5.98. The number of halogens is 1. The summed E-state index contributed by atoms with van der Waals surface area (Å²) in [4.78, 5) is 0. The molecule has 1 N–H and O–H groups in total. The van der Waals surface area contributed by atoms with Crippen molar-refractivity contribution in [1.29, 1.82) is 0 Å². The normalized spacial score (nSPS) is 18.8. The number of rotatable bonds is 0. The van der Waals surface area contributed by atoms with Crippen LogP contribution in [0.15, 0.2) is 22.3 Å². The Hall–Kier alpha value is -0.240. The fourth-order valence-electron chi connectivity index (χ4n) is 0.562. The van der Waals surface area contributed by atoms with Gasteiger partial charge in [-0.3, -0.25) is 0 Å². The molecule has 0 fully saturated rings. The summed E-state index contributed by atoms with van der Waals surface area (Å²) in [5.41, 5.74) is 1.31. The smallest absolute Gasteiger partial charge is 0.0463 e. The Morgan fingerprint density at radius 2 is 2.50 bits per heavy atom. The second-order valence-electron chi connectivity index (χ2n) is 1.80. The predicted molar refractivity (Wildman–Crippen MR) is 38.8 cm³/mol. The lowest BCUT2D eigenvalue weighted by molar-refractivity contribution is 0.949. The van der Waals surface area contributed by atoms with E-state index in [1.807, 2.05) is 12.3 Å². The minimum atomic E-state index is 0.933. The molecule has 1 rings (SSSR count). The van der Waals surface area contributed by atoms with E-state index >= 15 is 0 Å². The summed E-state index contributed by atoms with van der Waals surface area (Å²) >= 11 is 3.42. The molecule has 0 aromatic carbocycles. The minimum Gasteiger partial charge on any atom is -0.386 e. The molecule has 0 saturated carbocycles. The van der Waals surface area contributed by atoms with Crippen LogP contribution in [0.2, 0.25) is 0 Å². The van der Waals surface area contributed by atoms with Crippen molar-refractivity contribution in [3.63, 3.8) is 0 Å². The molecule has 0 aromatic rings. The van der Waals surface area contributed by atoms with E-state index in [0.717, 1.165) is 6.54 Å². The molecular weight excluding hydrogens is 166 g/mol. The van der Waals surface area contributed by atoms with Gasteiger partial charge in [0.15, 0.2) is 0 Å². The molecule has 0 aromatic heterocycles. The molecule has 44 valence electrons.